The van der Waals surface area contributed by atoms with E-state index < -0.39 is 0 Å². The number of likely N-dealkylation sites (N-methyl/N-ethyl adjacent to an activating group) is 1. The predicted molar refractivity (Wildman–Crippen MR) is 89.1 cm³/mol. The molecule has 21 heavy (non-hydrogen) atoms. The zero-order valence-electron chi connectivity index (χ0n) is 12.8. The Bertz CT molecular complexity index is 434. The quantitative estimate of drug-likeness (QED) is 0.855. The van der Waals surface area contributed by atoms with Crippen molar-refractivity contribution < 1.29 is 4.79 Å². The molecule has 0 saturated carbocycles. The summed E-state index contributed by atoms with van der Waals surface area (Å²) >= 11 is 1.69. The Labute approximate surface area is 137 Å². The molecule has 7 heteroatoms. The number of carbonyl (C=O) groups is 1. The third-order valence-electron chi connectivity index (χ3n) is 3.39. The number of rotatable bonds is 6. The molecule has 1 aromatic rings. The van der Waals surface area contributed by atoms with E-state index in [1.807, 2.05) is 11.9 Å². The van der Waals surface area contributed by atoms with Crippen molar-refractivity contribution in [3.8, 4) is 0 Å². The van der Waals surface area contributed by atoms with Crippen molar-refractivity contribution in [2.75, 3.05) is 39.8 Å². The molecule has 2 heterocycles. The van der Waals surface area contributed by atoms with Crippen LogP contribution in [0.4, 0.5) is 0 Å². The standard InChI is InChI=1S/C14H24N4OS.ClH/c1-3-4-12-11-20-13(16-12)9-17(2)10-14(19)18-7-5-15-6-8-18;/h11,15H,3-10H2,1-2H3;1H. The third kappa shape index (κ3) is 5.90. The van der Waals surface area contributed by atoms with E-state index in [1.165, 1.54) is 5.69 Å². The number of aromatic nitrogens is 1. The van der Waals surface area contributed by atoms with Crippen LogP contribution in [0.3, 0.4) is 0 Å². The minimum atomic E-state index is 0. The van der Waals surface area contributed by atoms with Crippen molar-refractivity contribution in [2.24, 2.45) is 0 Å². The summed E-state index contributed by atoms with van der Waals surface area (Å²) in [5.41, 5.74) is 1.18. The van der Waals surface area contributed by atoms with Gasteiger partial charge in [0.05, 0.1) is 18.8 Å². The summed E-state index contributed by atoms with van der Waals surface area (Å²) in [4.78, 5) is 20.7. The molecule has 0 bridgehead atoms. The molecule has 2 rings (SSSR count). The molecule has 1 fully saturated rings. The van der Waals surface area contributed by atoms with Gasteiger partial charge in [-0.1, -0.05) is 13.3 Å². The van der Waals surface area contributed by atoms with Gasteiger partial charge in [-0.05, 0) is 13.5 Å². The molecule has 0 aliphatic carbocycles. The second-order valence-corrected chi connectivity index (χ2v) is 6.23. The number of carbonyl (C=O) groups excluding carboxylic acids is 1. The Balaban J connectivity index is 0.00000220. The molecule has 0 unspecified atom stereocenters. The average molecular weight is 333 g/mol. The largest absolute Gasteiger partial charge is 0.339 e. The van der Waals surface area contributed by atoms with Crippen molar-refractivity contribution >= 4 is 29.7 Å². The summed E-state index contributed by atoms with van der Waals surface area (Å²) < 4.78 is 0. The summed E-state index contributed by atoms with van der Waals surface area (Å²) in [6, 6.07) is 0. The summed E-state index contributed by atoms with van der Waals surface area (Å²) in [5.74, 6) is 0.222. The van der Waals surface area contributed by atoms with Gasteiger partial charge >= 0.3 is 0 Å². The van der Waals surface area contributed by atoms with E-state index in [1.54, 1.807) is 11.3 Å². The Morgan fingerprint density at radius 1 is 1.48 bits per heavy atom. The molecule has 120 valence electrons. The number of amides is 1. The number of piperazine rings is 1. The molecule has 0 aromatic carbocycles. The fourth-order valence-corrected chi connectivity index (χ4v) is 3.23. The number of aryl methyl sites for hydroxylation is 1. The van der Waals surface area contributed by atoms with E-state index in [4.69, 9.17) is 0 Å². The van der Waals surface area contributed by atoms with Gasteiger partial charge in [0, 0.05) is 31.6 Å². The molecule has 1 amide bonds. The average Bonchev–Trinajstić information content (AvgIpc) is 2.87. The number of nitrogens with zero attached hydrogens (tertiary/aromatic N) is 3. The van der Waals surface area contributed by atoms with Gasteiger partial charge in [0.25, 0.3) is 0 Å². The number of hydrogen-bond donors (Lipinski definition) is 1. The minimum absolute atomic E-state index is 0. The highest BCUT2D eigenvalue weighted by Gasteiger charge is 2.18. The van der Waals surface area contributed by atoms with E-state index in [-0.39, 0.29) is 18.3 Å². The normalized spacial score (nSPS) is 15.1. The predicted octanol–water partition coefficient (Wildman–Crippen LogP) is 1.38. The van der Waals surface area contributed by atoms with E-state index in [2.05, 4.69) is 27.5 Å². The first-order chi connectivity index (χ1) is 9.69. The lowest BCUT2D eigenvalue weighted by atomic mass is 10.3. The lowest BCUT2D eigenvalue weighted by molar-refractivity contribution is -0.132. The van der Waals surface area contributed by atoms with Gasteiger partial charge in [-0.25, -0.2) is 4.98 Å². The van der Waals surface area contributed by atoms with E-state index in [9.17, 15) is 4.79 Å². The van der Waals surface area contributed by atoms with Gasteiger partial charge in [-0.15, -0.1) is 23.7 Å². The third-order valence-corrected chi connectivity index (χ3v) is 4.27. The topological polar surface area (TPSA) is 48.5 Å². The fourth-order valence-electron chi connectivity index (χ4n) is 2.32. The molecule has 1 aliphatic rings. The Morgan fingerprint density at radius 2 is 2.19 bits per heavy atom. The molecule has 1 N–H and O–H groups in total. The molecule has 0 spiro atoms. The van der Waals surface area contributed by atoms with E-state index in [0.717, 1.165) is 50.6 Å². The first kappa shape index (κ1) is 18.4. The molecular weight excluding hydrogens is 308 g/mol. The van der Waals surface area contributed by atoms with Crippen LogP contribution in [0.1, 0.15) is 24.0 Å². The SMILES string of the molecule is CCCc1csc(CN(C)CC(=O)N2CCNCC2)n1.Cl. The van der Waals surface area contributed by atoms with Gasteiger partial charge in [-0.2, -0.15) is 0 Å². The molecule has 0 atom stereocenters. The Kier molecular flexibility index (Phi) is 8.18. The molecular formula is C14H25ClN4OS. The van der Waals surface area contributed by atoms with Crippen LogP contribution in [0.15, 0.2) is 5.38 Å². The highest BCUT2D eigenvalue weighted by molar-refractivity contribution is 7.09. The number of nitrogens with one attached hydrogen (secondary N) is 1. The minimum Gasteiger partial charge on any atom is -0.339 e. The van der Waals surface area contributed by atoms with Gasteiger partial charge in [-0.3, -0.25) is 9.69 Å². The highest BCUT2D eigenvalue weighted by Crippen LogP contribution is 2.13. The fraction of sp³-hybridized carbons (Fsp3) is 0.714. The second kappa shape index (κ2) is 9.35. The van der Waals surface area contributed by atoms with Crippen LogP contribution >= 0.6 is 23.7 Å². The summed E-state index contributed by atoms with van der Waals surface area (Å²) in [7, 11) is 1.99. The lowest BCUT2D eigenvalue weighted by Gasteiger charge is -2.29. The van der Waals surface area contributed by atoms with Crippen LogP contribution in [-0.2, 0) is 17.8 Å². The molecule has 0 radical (unpaired) electrons. The van der Waals surface area contributed by atoms with Crippen LogP contribution in [-0.4, -0.2) is 60.5 Å². The summed E-state index contributed by atoms with van der Waals surface area (Å²) in [5, 5.41) is 6.49. The molecule has 1 saturated heterocycles. The monoisotopic (exact) mass is 332 g/mol. The molecule has 1 aromatic heterocycles. The number of halogens is 1. The van der Waals surface area contributed by atoms with Crippen LogP contribution in [0.2, 0.25) is 0 Å². The lowest BCUT2D eigenvalue weighted by Crippen LogP contribution is -2.49. The van der Waals surface area contributed by atoms with Gasteiger partial charge in [0.2, 0.25) is 5.91 Å². The van der Waals surface area contributed by atoms with Crippen LogP contribution in [0.5, 0.6) is 0 Å². The van der Waals surface area contributed by atoms with Crippen molar-refractivity contribution in [3.63, 3.8) is 0 Å². The highest BCUT2D eigenvalue weighted by atomic mass is 35.5. The van der Waals surface area contributed by atoms with Crippen molar-refractivity contribution in [1.82, 2.24) is 20.1 Å². The van der Waals surface area contributed by atoms with Gasteiger partial charge in [0.1, 0.15) is 5.01 Å². The second-order valence-electron chi connectivity index (χ2n) is 5.29. The number of hydrogen-bond acceptors (Lipinski definition) is 5. The summed E-state index contributed by atoms with van der Waals surface area (Å²) in [6.07, 6.45) is 2.17. The maximum Gasteiger partial charge on any atom is 0.236 e. The Hall–Kier alpha value is -0.690. The molecule has 5 nitrogen and oxygen atoms in total. The van der Waals surface area contributed by atoms with Crippen molar-refractivity contribution in [3.05, 3.63) is 16.1 Å². The van der Waals surface area contributed by atoms with Crippen LogP contribution < -0.4 is 5.32 Å². The van der Waals surface area contributed by atoms with Gasteiger partial charge < -0.3 is 10.2 Å². The zero-order valence-corrected chi connectivity index (χ0v) is 14.4. The van der Waals surface area contributed by atoms with Crippen LogP contribution in [0, 0.1) is 0 Å². The van der Waals surface area contributed by atoms with Crippen molar-refractivity contribution in [1.29, 1.82) is 0 Å². The zero-order chi connectivity index (χ0) is 14.4. The maximum absolute atomic E-state index is 12.1. The van der Waals surface area contributed by atoms with Gasteiger partial charge in [0.15, 0.2) is 0 Å². The van der Waals surface area contributed by atoms with Crippen molar-refractivity contribution in [2.45, 2.75) is 26.3 Å². The summed E-state index contributed by atoms with van der Waals surface area (Å²) in [6.45, 7) is 6.85. The first-order valence-corrected chi connectivity index (χ1v) is 8.17. The van der Waals surface area contributed by atoms with E-state index >= 15 is 0 Å². The number of thiazole rings is 1. The first-order valence-electron chi connectivity index (χ1n) is 7.29. The van der Waals surface area contributed by atoms with Crippen LogP contribution in [0.25, 0.3) is 0 Å². The Morgan fingerprint density at radius 3 is 2.86 bits per heavy atom. The maximum atomic E-state index is 12.1. The molecule has 1 aliphatic heterocycles. The van der Waals surface area contributed by atoms with E-state index in [0.29, 0.717) is 6.54 Å². The smallest absolute Gasteiger partial charge is 0.236 e.